The van der Waals surface area contributed by atoms with Crippen LogP contribution in [0.25, 0.3) is 99.9 Å². The molecule has 3 aromatic heterocycles. The minimum Gasteiger partial charge on any atom is -0.512 e. The molecule has 12 rings (SSSR count). The van der Waals surface area contributed by atoms with Gasteiger partial charge < -0.3 is 15.3 Å². The van der Waals surface area contributed by atoms with E-state index in [0.717, 1.165) is 86.3 Å². The SMILES string of the molecule is CC(C)(C)C(=O)C=C(O)C(C)(C)C.CC(C)(C)C(=O)C=C(O)C(C)(C)C.CC(C)CC(=O)C=C(O)CC(C)C.Cc1[c-]c(-c2cc(CC(C)C)c3cc(-c4ccc(C)cc4)ccc3n2)cc(C)c1.Cc1[c-]c(-c2cc(CC(C)C)c3cc(-c4ccc(C)cc4)ccc3n2)cc(C)c1.Cc1[c-]c(-c2cc(CC(C)C)c3cc(-c4ccccc4)ccc3n2)cc(C)c1.[Ir].[Ir].[Ir]. The molecule has 0 amide bonds. The normalized spacial score (nSPS) is 11.9. The molecule has 687 valence electrons. The van der Waals surface area contributed by atoms with Crippen LogP contribution >= 0.6 is 0 Å². The fraction of sp³-hybridized carbons (Fsp3) is 0.379. The number of aliphatic hydroxyl groups is 3. The van der Waals surface area contributed by atoms with Crippen LogP contribution in [0.4, 0.5) is 0 Å². The number of aliphatic hydroxyl groups excluding tert-OH is 3. The summed E-state index contributed by atoms with van der Waals surface area (Å²) < 4.78 is 0. The number of pyridine rings is 3. The number of benzene rings is 9. The number of allylic oxidation sites excluding steroid dienone is 6. The van der Waals surface area contributed by atoms with E-state index in [4.69, 9.17) is 15.0 Å². The number of ketones is 3. The van der Waals surface area contributed by atoms with Crippen molar-refractivity contribution in [2.24, 2.45) is 51.2 Å². The predicted molar refractivity (Wildman–Crippen MR) is 532 cm³/mol. The zero-order valence-electron chi connectivity index (χ0n) is 82.0. The average Bonchev–Trinajstić information content (AvgIpc) is 0.782. The molecule has 3 heterocycles. The Labute approximate surface area is 809 Å². The Balaban J connectivity index is 0.000000333. The van der Waals surface area contributed by atoms with E-state index in [0.29, 0.717) is 42.4 Å². The van der Waals surface area contributed by atoms with Gasteiger partial charge in [0.15, 0.2) is 17.3 Å². The molecule has 12 heteroatoms. The van der Waals surface area contributed by atoms with Gasteiger partial charge in [-0.25, -0.2) is 0 Å². The number of aryl methyl sites for hydroxylation is 8. The molecule has 12 aromatic rings. The van der Waals surface area contributed by atoms with Gasteiger partial charge >= 0.3 is 0 Å². The molecule has 0 atom stereocenters. The number of fused-ring (bicyclic) bond motifs is 3. The van der Waals surface area contributed by atoms with E-state index in [2.05, 4.69) is 303 Å². The van der Waals surface area contributed by atoms with E-state index < -0.39 is 10.8 Å². The maximum atomic E-state index is 11.5. The molecule has 0 aliphatic carbocycles. The van der Waals surface area contributed by atoms with Gasteiger partial charge in [0.1, 0.15) is 11.5 Å². The topological polar surface area (TPSA) is 151 Å². The first-order valence-corrected chi connectivity index (χ1v) is 44.7. The van der Waals surface area contributed by atoms with Crippen LogP contribution in [-0.4, -0.2) is 47.6 Å². The minimum absolute atomic E-state index is 0. The van der Waals surface area contributed by atoms with E-state index in [1.165, 1.54) is 112 Å². The monoisotopic (exact) mass is 2250 g/mol. The fourth-order valence-electron chi connectivity index (χ4n) is 14.1. The molecule has 0 aliphatic heterocycles. The molecular weight excluding hydrogens is 2110 g/mol. The van der Waals surface area contributed by atoms with Crippen LogP contribution < -0.4 is 0 Å². The van der Waals surface area contributed by atoms with Gasteiger partial charge in [-0.2, -0.15) is 0 Å². The van der Waals surface area contributed by atoms with Gasteiger partial charge in [0.05, 0.1) is 22.3 Å². The number of carbonyl (C=O) groups excluding carboxylic acids is 3. The summed E-state index contributed by atoms with van der Waals surface area (Å²) in [6.45, 7) is 60.8. The van der Waals surface area contributed by atoms with Gasteiger partial charge in [-0.3, -0.25) is 29.3 Å². The summed E-state index contributed by atoms with van der Waals surface area (Å²) in [5, 5.41) is 32.2. The number of carbonyl (C=O) groups is 3. The van der Waals surface area contributed by atoms with Gasteiger partial charge in [0.2, 0.25) is 0 Å². The van der Waals surface area contributed by atoms with Crippen LogP contribution in [0, 0.1) is 125 Å². The number of rotatable bonds is 19. The summed E-state index contributed by atoms with van der Waals surface area (Å²) >= 11 is 0. The second-order valence-electron chi connectivity index (χ2n) is 40.4. The van der Waals surface area contributed by atoms with Crippen molar-refractivity contribution in [2.45, 2.75) is 240 Å². The molecule has 9 aromatic carbocycles. The summed E-state index contributed by atoms with van der Waals surface area (Å²) in [4.78, 5) is 49.2. The van der Waals surface area contributed by atoms with Crippen LogP contribution in [-0.2, 0) is 94.0 Å². The number of hydrogen-bond acceptors (Lipinski definition) is 9. The summed E-state index contributed by atoms with van der Waals surface area (Å²) in [7, 11) is 0. The van der Waals surface area contributed by atoms with Gasteiger partial charge in [-0.1, -0.05) is 320 Å². The van der Waals surface area contributed by atoms with Crippen LogP contribution in [0.1, 0.15) is 226 Å². The first kappa shape index (κ1) is 111. The first-order chi connectivity index (χ1) is 58.3. The van der Waals surface area contributed by atoms with Crippen molar-refractivity contribution in [3.8, 4) is 67.2 Å². The molecule has 3 radical (unpaired) electrons. The molecule has 9 nitrogen and oxygen atoms in total. The number of aromatic nitrogens is 3. The molecule has 128 heavy (non-hydrogen) atoms. The standard InChI is InChI=1S/2C28H28N.C27H26N.3C11H20O2.3Ir/c2*1-18(2)12-24-17-28(25-14-20(4)13-21(5)15-25)29-27-11-10-23(16-26(24)27)22-8-6-19(3)7-9-22;1-18(2)12-23-17-27(24-14-19(3)13-20(4)15-24)28-26-11-10-22(16-25(23)26)21-8-6-5-7-9-21;2*1-10(2,3)8(12)7-9(13)11(4,5)6;1-8(2)5-10(12)7-11(13)6-9(3)4;;;/h2*6-11,13-14,16-18H,12H2,1-5H3;5-11,13-14,16-18H,12H2,1-4H3;2*7,12H,1-6H3;7-9,12H,5-6H2,1-4H3;;;/q3*-1;;;;;;. The molecule has 0 bridgehead atoms. The van der Waals surface area contributed by atoms with Crippen LogP contribution in [0.2, 0.25) is 0 Å². The maximum absolute atomic E-state index is 11.5. The van der Waals surface area contributed by atoms with E-state index in [-0.39, 0.29) is 106 Å². The Morgan fingerprint density at radius 3 is 0.836 bits per heavy atom. The number of hydrogen-bond donors (Lipinski definition) is 3. The zero-order chi connectivity index (χ0) is 92.9. The van der Waals surface area contributed by atoms with Gasteiger partial charge in [0.25, 0.3) is 0 Å². The largest absolute Gasteiger partial charge is 0.512 e. The molecule has 0 spiro atoms. The Kier molecular flexibility index (Phi) is 43.1. The van der Waals surface area contributed by atoms with Gasteiger partial charge in [0, 0.05) is 129 Å². The quantitative estimate of drug-likeness (QED) is 0.0408. The molecule has 0 aliphatic rings. The maximum Gasteiger partial charge on any atom is 0.164 e. The smallest absolute Gasteiger partial charge is 0.164 e. The predicted octanol–water partition coefficient (Wildman–Crippen LogP) is 31.4. The average molecular weight is 2250 g/mol. The summed E-state index contributed by atoms with van der Waals surface area (Å²) in [6.07, 6.45) is 8.24. The zero-order valence-corrected chi connectivity index (χ0v) is 89.1. The molecule has 0 unspecified atom stereocenters. The van der Waals surface area contributed by atoms with Crippen molar-refractivity contribution in [1.29, 1.82) is 0 Å². The minimum atomic E-state index is -0.417. The fourth-order valence-corrected chi connectivity index (χ4v) is 14.1. The van der Waals surface area contributed by atoms with Crippen molar-refractivity contribution < 1.29 is 90.0 Å². The molecule has 0 saturated carbocycles. The van der Waals surface area contributed by atoms with Crippen molar-refractivity contribution in [3.63, 3.8) is 0 Å². The van der Waals surface area contributed by atoms with Crippen LogP contribution in [0.5, 0.6) is 0 Å². The van der Waals surface area contributed by atoms with E-state index in [1.54, 1.807) is 0 Å². The summed E-state index contributed by atoms with van der Waals surface area (Å²) in [6, 6.07) is 78.3. The van der Waals surface area contributed by atoms with Crippen LogP contribution in [0.15, 0.2) is 224 Å². The second kappa shape index (κ2) is 49.7. The third-order valence-electron chi connectivity index (χ3n) is 20.8. The van der Waals surface area contributed by atoms with Crippen molar-refractivity contribution in [3.05, 3.63) is 303 Å². The number of nitrogens with zero attached hydrogens (tertiary/aromatic N) is 3. The summed E-state index contributed by atoms with van der Waals surface area (Å²) in [5.41, 5.74) is 29.3. The van der Waals surface area contributed by atoms with Crippen molar-refractivity contribution in [2.75, 3.05) is 0 Å². The van der Waals surface area contributed by atoms with E-state index in [1.807, 2.05) is 111 Å². The molecule has 0 saturated heterocycles. The third-order valence-corrected chi connectivity index (χ3v) is 20.8. The Morgan fingerprint density at radius 1 is 0.312 bits per heavy atom. The van der Waals surface area contributed by atoms with Crippen molar-refractivity contribution >= 4 is 50.1 Å². The Morgan fingerprint density at radius 2 is 0.586 bits per heavy atom. The molecule has 0 fully saturated rings. The molecule has 3 N–H and O–H groups in total. The third kappa shape index (κ3) is 35.6. The van der Waals surface area contributed by atoms with E-state index >= 15 is 0 Å². The van der Waals surface area contributed by atoms with Crippen LogP contribution in [0.3, 0.4) is 0 Å². The Bertz CT molecular complexity index is 5480. The van der Waals surface area contributed by atoms with E-state index in [9.17, 15) is 29.7 Å². The second-order valence-corrected chi connectivity index (χ2v) is 40.4. The summed E-state index contributed by atoms with van der Waals surface area (Å²) in [5.74, 6) is 2.94. The molecular formula is C116H142Ir3N3O6-3. The first-order valence-electron chi connectivity index (χ1n) is 44.7. The Hall–Kier alpha value is -9.21. The van der Waals surface area contributed by atoms with Gasteiger partial charge in [-0.05, 0) is 166 Å². The van der Waals surface area contributed by atoms with Crippen molar-refractivity contribution in [1.82, 2.24) is 15.0 Å². The van der Waals surface area contributed by atoms with Gasteiger partial charge in [-0.15, -0.1) is 105 Å².